The van der Waals surface area contributed by atoms with Gasteiger partial charge in [0.15, 0.2) is 0 Å². The molecule has 37 heavy (non-hydrogen) atoms. The number of likely N-dealkylation sites (tertiary alicyclic amines) is 2. The van der Waals surface area contributed by atoms with E-state index in [1.165, 1.54) is 5.56 Å². The highest BCUT2D eigenvalue weighted by Crippen LogP contribution is 2.50. The first-order valence-electron chi connectivity index (χ1n) is 13.1. The van der Waals surface area contributed by atoms with Crippen molar-refractivity contribution in [3.05, 3.63) is 65.3 Å². The van der Waals surface area contributed by atoms with Crippen molar-refractivity contribution < 1.29 is 14.4 Å². The molecule has 1 N–H and O–H groups in total. The standard InChI is InChI=1S/C29H37N5O3/c1-18(2)20-7-9-23(10-8-20)29(36,28(5)16-33(6)17-28)24-11-21(13-30-14-24)26-31-27(37-32-26)22-12-25(35)34(15-22)19(3)4/h7-11,13-14,18-19,22,36H,12,15-17H2,1-6H3/t22-,29+/m1/s1. The number of hydrogen-bond acceptors (Lipinski definition) is 7. The predicted molar refractivity (Wildman–Crippen MR) is 141 cm³/mol. The molecule has 2 aromatic heterocycles. The summed E-state index contributed by atoms with van der Waals surface area (Å²) in [5.74, 6) is 1.27. The van der Waals surface area contributed by atoms with Crippen molar-refractivity contribution in [2.45, 2.75) is 64.5 Å². The van der Waals surface area contributed by atoms with Crippen molar-refractivity contribution in [3.63, 3.8) is 0 Å². The number of aliphatic hydroxyl groups is 1. The number of aromatic nitrogens is 3. The van der Waals surface area contributed by atoms with E-state index in [1.54, 1.807) is 12.4 Å². The maximum Gasteiger partial charge on any atom is 0.232 e. The largest absolute Gasteiger partial charge is 0.380 e. The first-order chi connectivity index (χ1) is 17.5. The van der Waals surface area contributed by atoms with Crippen LogP contribution in [0.2, 0.25) is 0 Å². The average Bonchev–Trinajstić information content (AvgIpc) is 3.50. The fraction of sp³-hybridized carbons (Fsp3) is 0.517. The zero-order valence-corrected chi connectivity index (χ0v) is 22.6. The normalized spacial score (nSPS) is 21.5. The molecule has 0 saturated carbocycles. The summed E-state index contributed by atoms with van der Waals surface area (Å²) in [7, 11) is 2.06. The highest BCUT2D eigenvalue weighted by atomic mass is 16.5. The molecule has 8 heteroatoms. The molecule has 2 saturated heterocycles. The third-order valence-corrected chi connectivity index (χ3v) is 8.09. The molecule has 5 rings (SSSR count). The smallest absolute Gasteiger partial charge is 0.232 e. The van der Waals surface area contributed by atoms with E-state index in [9.17, 15) is 9.90 Å². The number of nitrogens with zero attached hydrogens (tertiary/aromatic N) is 5. The highest BCUT2D eigenvalue weighted by Gasteiger charge is 2.55. The van der Waals surface area contributed by atoms with Crippen LogP contribution in [0, 0.1) is 5.41 Å². The van der Waals surface area contributed by atoms with E-state index in [1.807, 2.05) is 36.9 Å². The maximum absolute atomic E-state index is 12.5. The van der Waals surface area contributed by atoms with Crippen molar-refractivity contribution in [2.75, 3.05) is 26.7 Å². The first kappa shape index (κ1) is 25.5. The van der Waals surface area contributed by atoms with Crippen LogP contribution in [0.25, 0.3) is 11.4 Å². The lowest BCUT2D eigenvalue weighted by molar-refractivity contribution is -0.129. The van der Waals surface area contributed by atoms with Gasteiger partial charge in [0.25, 0.3) is 0 Å². The summed E-state index contributed by atoms with van der Waals surface area (Å²) < 4.78 is 5.60. The zero-order chi connectivity index (χ0) is 26.5. The molecule has 0 spiro atoms. The van der Waals surface area contributed by atoms with Crippen LogP contribution in [0.5, 0.6) is 0 Å². The van der Waals surface area contributed by atoms with Gasteiger partial charge in [0.2, 0.25) is 17.6 Å². The van der Waals surface area contributed by atoms with Crippen molar-refractivity contribution in [2.24, 2.45) is 5.41 Å². The zero-order valence-electron chi connectivity index (χ0n) is 22.6. The SMILES string of the molecule is CC(C)c1ccc([C@](O)(c2cncc(-c3noc([C@@H]4CC(=O)N(C(C)C)C4)n3)c2)C2(C)CN(C)C2)cc1. The average molecular weight is 504 g/mol. The van der Waals surface area contributed by atoms with Crippen molar-refractivity contribution in [1.82, 2.24) is 24.9 Å². The van der Waals surface area contributed by atoms with Gasteiger partial charge in [-0.05, 0) is 44.0 Å². The lowest BCUT2D eigenvalue weighted by Crippen LogP contribution is -2.63. The van der Waals surface area contributed by atoms with Crippen LogP contribution < -0.4 is 0 Å². The van der Waals surface area contributed by atoms with E-state index in [-0.39, 0.29) is 17.9 Å². The van der Waals surface area contributed by atoms with Gasteiger partial charge in [-0.2, -0.15) is 4.98 Å². The minimum atomic E-state index is -1.25. The quantitative estimate of drug-likeness (QED) is 0.517. The summed E-state index contributed by atoms with van der Waals surface area (Å²) in [6, 6.07) is 10.3. The summed E-state index contributed by atoms with van der Waals surface area (Å²) in [5.41, 5.74) is 1.81. The number of amides is 1. The first-order valence-corrected chi connectivity index (χ1v) is 13.1. The van der Waals surface area contributed by atoms with Crippen LogP contribution in [0.3, 0.4) is 0 Å². The summed E-state index contributed by atoms with van der Waals surface area (Å²) in [6.45, 7) is 12.6. The minimum absolute atomic E-state index is 0.107. The molecule has 4 heterocycles. The van der Waals surface area contributed by atoms with Gasteiger partial charge in [0.05, 0.1) is 5.92 Å². The molecule has 0 aliphatic carbocycles. The molecule has 196 valence electrons. The second-order valence-electron chi connectivity index (χ2n) is 11.7. The summed E-state index contributed by atoms with van der Waals surface area (Å²) in [6.07, 6.45) is 3.80. The van der Waals surface area contributed by atoms with Crippen molar-refractivity contribution in [1.29, 1.82) is 0 Å². The number of carbonyl (C=O) groups excluding carboxylic acids is 1. The third-order valence-electron chi connectivity index (χ3n) is 8.09. The fourth-order valence-electron chi connectivity index (χ4n) is 6.02. The second kappa shape index (κ2) is 9.33. The molecule has 2 aliphatic rings. The van der Waals surface area contributed by atoms with E-state index < -0.39 is 11.0 Å². The topological polar surface area (TPSA) is 95.6 Å². The molecule has 3 aromatic rings. The Labute approximate surface area is 218 Å². The van der Waals surface area contributed by atoms with E-state index in [0.29, 0.717) is 41.7 Å². The van der Waals surface area contributed by atoms with Gasteiger partial charge in [-0.1, -0.05) is 50.2 Å². The third kappa shape index (κ3) is 4.36. The molecule has 2 fully saturated rings. The summed E-state index contributed by atoms with van der Waals surface area (Å²) in [4.78, 5) is 25.5. The molecule has 0 bridgehead atoms. The van der Waals surface area contributed by atoms with Crippen LogP contribution in [-0.4, -0.2) is 68.7 Å². The van der Waals surface area contributed by atoms with Crippen LogP contribution in [-0.2, 0) is 10.4 Å². The van der Waals surface area contributed by atoms with Gasteiger partial charge in [0.1, 0.15) is 5.60 Å². The summed E-state index contributed by atoms with van der Waals surface area (Å²) in [5, 5.41) is 16.7. The van der Waals surface area contributed by atoms with E-state index in [4.69, 9.17) is 4.52 Å². The maximum atomic E-state index is 12.5. The van der Waals surface area contributed by atoms with Gasteiger partial charge in [-0.25, -0.2) is 0 Å². The molecule has 8 nitrogen and oxygen atoms in total. The molecule has 2 atom stereocenters. The van der Waals surface area contributed by atoms with Crippen LogP contribution >= 0.6 is 0 Å². The monoisotopic (exact) mass is 503 g/mol. The number of pyridine rings is 1. The predicted octanol–water partition coefficient (Wildman–Crippen LogP) is 4.17. The molecule has 1 aromatic carbocycles. The number of rotatable bonds is 7. The number of benzene rings is 1. The Bertz CT molecular complexity index is 1280. The lowest BCUT2D eigenvalue weighted by atomic mass is 9.62. The van der Waals surface area contributed by atoms with Crippen molar-refractivity contribution in [3.8, 4) is 11.4 Å². The number of carbonyl (C=O) groups is 1. The Hall–Kier alpha value is -3.10. The van der Waals surface area contributed by atoms with Crippen molar-refractivity contribution >= 4 is 5.91 Å². The highest BCUT2D eigenvalue weighted by molar-refractivity contribution is 5.79. The molecular formula is C29H37N5O3. The second-order valence-corrected chi connectivity index (χ2v) is 11.7. The lowest BCUT2D eigenvalue weighted by Gasteiger charge is -2.55. The Morgan fingerprint density at radius 2 is 1.81 bits per heavy atom. The van der Waals surface area contributed by atoms with Crippen LogP contribution in [0.4, 0.5) is 0 Å². The van der Waals surface area contributed by atoms with Gasteiger partial charge in [0, 0.05) is 61.0 Å². The van der Waals surface area contributed by atoms with Gasteiger partial charge in [-0.3, -0.25) is 9.78 Å². The Morgan fingerprint density at radius 1 is 1.11 bits per heavy atom. The molecule has 2 aliphatic heterocycles. The van der Waals surface area contributed by atoms with Gasteiger partial charge < -0.3 is 19.4 Å². The Morgan fingerprint density at radius 3 is 2.41 bits per heavy atom. The molecule has 0 unspecified atom stereocenters. The van der Waals surface area contributed by atoms with Crippen LogP contribution in [0.15, 0.2) is 47.2 Å². The van der Waals surface area contributed by atoms with Crippen LogP contribution in [0.1, 0.15) is 75.5 Å². The van der Waals surface area contributed by atoms with E-state index in [2.05, 4.69) is 60.0 Å². The molecular weight excluding hydrogens is 466 g/mol. The Balaban J connectivity index is 1.49. The van der Waals surface area contributed by atoms with E-state index in [0.717, 1.165) is 18.7 Å². The molecule has 1 amide bonds. The number of hydrogen-bond donors (Lipinski definition) is 1. The van der Waals surface area contributed by atoms with Gasteiger partial charge in [-0.15, -0.1) is 0 Å². The summed E-state index contributed by atoms with van der Waals surface area (Å²) >= 11 is 0. The van der Waals surface area contributed by atoms with Gasteiger partial charge >= 0.3 is 0 Å². The van der Waals surface area contributed by atoms with E-state index >= 15 is 0 Å². The fourth-order valence-corrected chi connectivity index (χ4v) is 6.02. The Kier molecular flexibility index (Phi) is 6.44. The molecule has 0 radical (unpaired) electrons. The minimum Gasteiger partial charge on any atom is -0.380 e.